The van der Waals surface area contributed by atoms with Crippen molar-refractivity contribution < 1.29 is 17.9 Å². The molecule has 4 aromatic rings. The second-order valence-electron chi connectivity index (χ2n) is 9.19. The summed E-state index contributed by atoms with van der Waals surface area (Å²) in [5, 5.41) is 18.6. The van der Waals surface area contributed by atoms with Gasteiger partial charge in [0.15, 0.2) is 17.2 Å². The third-order valence-corrected chi connectivity index (χ3v) is 6.19. The van der Waals surface area contributed by atoms with Gasteiger partial charge in [-0.1, -0.05) is 18.2 Å². The SMILES string of the molecule is CC(C)Oc1c(C#N)ccc2ccc(-c3nnc4ccc([C@@H](N5CCC(N)C5)C(F)(F)F)cn34)nc12. The number of alkyl halides is 3. The number of nitrogens with two attached hydrogens (primary N) is 1. The third-order valence-electron chi connectivity index (χ3n) is 6.19. The highest BCUT2D eigenvalue weighted by Crippen LogP contribution is 2.39. The molecule has 1 aliphatic rings. The molecule has 1 saturated heterocycles. The Bertz CT molecular complexity index is 1470. The molecule has 3 aromatic heterocycles. The van der Waals surface area contributed by atoms with Crippen LogP contribution in [-0.2, 0) is 0 Å². The fourth-order valence-electron chi connectivity index (χ4n) is 4.63. The van der Waals surface area contributed by atoms with Gasteiger partial charge in [0.1, 0.15) is 23.3 Å². The van der Waals surface area contributed by atoms with Crippen molar-refractivity contribution in [2.45, 2.75) is 44.6 Å². The van der Waals surface area contributed by atoms with Gasteiger partial charge in [-0.25, -0.2) is 4.98 Å². The monoisotopic (exact) mass is 495 g/mol. The van der Waals surface area contributed by atoms with Gasteiger partial charge in [0.2, 0.25) is 0 Å². The fourth-order valence-corrected chi connectivity index (χ4v) is 4.63. The number of pyridine rings is 2. The van der Waals surface area contributed by atoms with Crippen molar-refractivity contribution in [3.8, 4) is 23.3 Å². The lowest BCUT2D eigenvalue weighted by Crippen LogP contribution is -2.38. The van der Waals surface area contributed by atoms with E-state index in [1.807, 2.05) is 13.8 Å². The summed E-state index contributed by atoms with van der Waals surface area (Å²) in [7, 11) is 0. The summed E-state index contributed by atoms with van der Waals surface area (Å²) in [4.78, 5) is 6.06. The van der Waals surface area contributed by atoms with Crippen molar-refractivity contribution in [1.82, 2.24) is 24.5 Å². The van der Waals surface area contributed by atoms with E-state index in [-0.39, 0.29) is 36.6 Å². The average molecular weight is 496 g/mol. The number of fused-ring (bicyclic) bond motifs is 2. The Labute approximate surface area is 205 Å². The third kappa shape index (κ3) is 4.34. The van der Waals surface area contributed by atoms with E-state index in [0.29, 0.717) is 34.6 Å². The van der Waals surface area contributed by atoms with Crippen LogP contribution in [0.2, 0.25) is 0 Å². The molecule has 1 aromatic carbocycles. The topological polar surface area (TPSA) is 105 Å². The van der Waals surface area contributed by atoms with Crippen molar-refractivity contribution in [3.63, 3.8) is 0 Å². The van der Waals surface area contributed by atoms with Crippen molar-refractivity contribution in [2.24, 2.45) is 5.73 Å². The molecule has 1 fully saturated rings. The highest BCUT2D eigenvalue weighted by Gasteiger charge is 2.46. The van der Waals surface area contributed by atoms with Crippen molar-refractivity contribution in [2.75, 3.05) is 13.1 Å². The largest absolute Gasteiger partial charge is 0.487 e. The van der Waals surface area contributed by atoms with Gasteiger partial charge in [0.05, 0.1) is 11.7 Å². The predicted octanol–water partition coefficient (Wildman–Crippen LogP) is 4.24. The van der Waals surface area contributed by atoms with Crippen LogP contribution < -0.4 is 10.5 Å². The summed E-state index contributed by atoms with van der Waals surface area (Å²) in [6.07, 6.45) is -2.75. The molecule has 1 aliphatic heterocycles. The minimum Gasteiger partial charge on any atom is -0.487 e. The minimum atomic E-state index is -4.48. The van der Waals surface area contributed by atoms with Crippen LogP contribution >= 0.6 is 0 Å². The Hall–Kier alpha value is -3.75. The van der Waals surface area contributed by atoms with Crippen molar-refractivity contribution in [1.29, 1.82) is 5.26 Å². The normalized spacial score (nSPS) is 17.7. The van der Waals surface area contributed by atoms with E-state index in [1.54, 1.807) is 24.3 Å². The second-order valence-corrected chi connectivity index (χ2v) is 9.19. The number of rotatable bonds is 5. The summed E-state index contributed by atoms with van der Waals surface area (Å²) < 4.78 is 49.9. The highest BCUT2D eigenvalue weighted by molar-refractivity contribution is 5.88. The van der Waals surface area contributed by atoms with E-state index in [9.17, 15) is 18.4 Å². The van der Waals surface area contributed by atoms with E-state index < -0.39 is 12.2 Å². The summed E-state index contributed by atoms with van der Waals surface area (Å²) in [5.41, 5.74) is 7.55. The van der Waals surface area contributed by atoms with Gasteiger partial charge in [-0.05, 0) is 44.0 Å². The Morgan fingerprint density at radius 1 is 1.14 bits per heavy atom. The Balaban J connectivity index is 1.63. The molecule has 0 amide bonds. The molecule has 0 saturated carbocycles. The quantitative estimate of drug-likeness (QED) is 0.442. The number of hydrogen-bond donors (Lipinski definition) is 1. The van der Waals surface area contributed by atoms with Crippen molar-refractivity contribution in [3.05, 3.63) is 53.7 Å². The number of nitriles is 1. The van der Waals surface area contributed by atoms with Crippen LogP contribution in [0.3, 0.4) is 0 Å². The first-order chi connectivity index (χ1) is 17.2. The van der Waals surface area contributed by atoms with E-state index in [1.165, 1.54) is 27.6 Å². The van der Waals surface area contributed by atoms with Crippen LogP contribution in [0.25, 0.3) is 28.1 Å². The molecule has 2 atom stereocenters. The summed E-state index contributed by atoms with van der Waals surface area (Å²) in [6, 6.07) is 9.95. The maximum Gasteiger partial charge on any atom is 0.408 e. The lowest BCUT2D eigenvalue weighted by Gasteiger charge is -2.30. The number of likely N-dealkylation sites (tertiary alicyclic amines) is 1. The van der Waals surface area contributed by atoms with Crippen LogP contribution in [0.15, 0.2) is 42.6 Å². The van der Waals surface area contributed by atoms with Gasteiger partial charge in [-0.3, -0.25) is 9.30 Å². The molecule has 36 heavy (non-hydrogen) atoms. The average Bonchev–Trinajstić information content (AvgIpc) is 3.44. The van der Waals surface area contributed by atoms with E-state index in [0.717, 1.165) is 5.39 Å². The second kappa shape index (κ2) is 9.04. The zero-order valence-corrected chi connectivity index (χ0v) is 19.7. The molecule has 0 bridgehead atoms. The maximum absolute atomic E-state index is 14.2. The zero-order valence-electron chi connectivity index (χ0n) is 19.7. The summed E-state index contributed by atoms with van der Waals surface area (Å²) in [5.74, 6) is 0.634. The van der Waals surface area contributed by atoms with Gasteiger partial charge in [0, 0.05) is 30.7 Å². The molecule has 186 valence electrons. The van der Waals surface area contributed by atoms with Gasteiger partial charge in [-0.15, -0.1) is 10.2 Å². The maximum atomic E-state index is 14.2. The molecule has 0 radical (unpaired) electrons. The van der Waals surface area contributed by atoms with E-state index >= 15 is 0 Å². The molecule has 1 unspecified atom stereocenters. The number of hydrogen-bond acceptors (Lipinski definition) is 7. The van der Waals surface area contributed by atoms with Gasteiger partial charge in [0.25, 0.3) is 0 Å². The molecule has 5 rings (SSSR count). The Morgan fingerprint density at radius 2 is 1.92 bits per heavy atom. The van der Waals surface area contributed by atoms with Crippen LogP contribution in [-0.4, -0.2) is 55.9 Å². The van der Waals surface area contributed by atoms with Crippen LogP contribution in [0.4, 0.5) is 13.2 Å². The molecular formula is C25H24F3N7O. The zero-order chi connectivity index (χ0) is 25.6. The van der Waals surface area contributed by atoms with Crippen LogP contribution in [0.1, 0.15) is 37.4 Å². The number of benzene rings is 1. The minimum absolute atomic E-state index is 0.0709. The molecule has 0 aliphatic carbocycles. The lowest BCUT2D eigenvalue weighted by molar-refractivity contribution is -0.183. The number of halogens is 3. The lowest BCUT2D eigenvalue weighted by atomic mass is 10.1. The number of nitrogens with zero attached hydrogens (tertiary/aromatic N) is 6. The van der Waals surface area contributed by atoms with Crippen LogP contribution in [0.5, 0.6) is 5.75 Å². The molecule has 2 N–H and O–H groups in total. The van der Waals surface area contributed by atoms with E-state index in [2.05, 4.69) is 16.3 Å². The van der Waals surface area contributed by atoms with E-state index in [4.69, 9.17) is 15.5 Å². The molecule has 8 nitrogen and oxygen atoms in total. The van der Waals surface area contributed by atoms with Gasteiger partial charge < -0.3 is 10.5 Å². The Morgan fingerprint density at radius 3 is 2.58 bits per heavy atom. The smallest absolute Gasteiger partial charge is 0.408 e. The first-order valence-corrected chi connectivity index (χ1v) is 11.6. The molecule has 0 spiro atoms. The standard InChI is InChI=1S/C25H24F3N7O/c1-14(2)36-22-16(11-29)4-3-15-5-7-19(31-21(15)22)24-33-32-20-8-6-17(12-35(20)24)23(25(26,27)28)34-10-9-18(30)13-34/h3-8,12,14,18,23H,9-10,13,30H2,1-2H3/t18?,23-/m1/s1. The summed E-state index contributed by atoms with van der Waals surface area (Å²) >= 11 is 0. The molecule has 11 heteroatoms. The van der Waals surface area contributed by atoms with Crippen molar-refractivity contribution >= 4 is 16.6 Å². The van der Waals surface area contributed by atoms with Crippen LogP contribution in [0, 0.1) is 11.3 Å². The molecular weight excluding hydrogens is 471 g/mol. The first kappa shape index (κ1) is 24.0. The first-order valence-electron chi connectivity index (χ1n) is 11.6. The predicted molar refractivity (Wildman–Crippen MR) is 127 cm³/mol. The van der Waals surface area contributed by atoms with Gasteiger partial charge >= 0.3 is 6.18 Å². The fraction of sp³-hybridized carbons (Fsp3) is 0.360. The number of ether oxygens (including phenoxy) is 1. The van der Waals surface area contributed by atoms with Gasteiger partial charge in [-0.2, -0.15) is 18.4 Å². The Kier molecular flexibility index (Phi) is 6.02. The number of aromatic nitrogens is 4. The molecule has 4 heterocycles. The summed E-state index contributed by atoms with van der Waals surface area (Å²) in [6.45, 7) is 4.14. The highest BCUT2D eigenvalue weighted by atomic mass is 19.4.